The largest absolute Gasteiger partial charge is 0.481 e. The molecule has 0 saturated carbocycles. The Morgan fingerprint density at radius 2 is 1.68 bits per heavy atom. The van der Waals surface area contributed by atoms with Crippen LogP contribution in [0.3, 0.4) is 0 Å². The lowest BCUT2D eigenvalue weighted by Crippen LogP contribution is -2.58. The highest BCUT2D eigenvalue weighted by Gasteiger charge is 2.39. The molecule has 2 heterocycles. The number of nitrogens with one attached hydrogen (secondary N) is 5. The first kappa shape index (κ1) is 36.7. The van der Waals surface area contributed by atoms with Crippen LogP contribution in [-0.2, 0) is 41.6 Å². The molecule has 6 N–H and O–H groups in total. The first-order valence-corrected chi connectivity index (χ1v) is 15.9. The van der Waals surface area contributed by atoms with Crippen molar-refractivity contribution >= 4 is 46.9 Å². The monoisotopic (exact) mass is 690 g/mol. The number of nitrogens with zero attached hydrogens (tertiary/aromatic N) is 3. The number of hydrogen-bond acceptors (Lipinski definition) is 9. The lowest BCUT2D eigenvalue weighted by molar-refractivity contribution is -0.384. The van der Waals surface area contributed by atoms with Gasteiger partial charge in [0.05, 0.1) is 17.7 Å². The molecule has 1 aliphatic rings. The van der Waals surface area contributed by atoms with Crippen LogP contribution in [0.2, 0.25) is 0 Å². The topological polar surface area (TPSA) is 246 Å². The molecule has 2 aromatic carbocycles. The van der Waals surface area contributed by atoms with Crippen LogP contribution in [0.4, 0.5) is 11.4 Å². The fourth-order valence-electron chi connectivity index (χ4n) is 5.44. The van der Waals surface area contributed by atoms with Crippen molar-refractivity contribution in [1.82, 2.24) is 30.8 Å². The number of non-ortho nitro benzene ring substituents is 1. The van der Waals surface area contributed by atoms with Crippen molar-refractivity contribution < 1.29 is 38.8 Å². The van der Waals surface area contributed by atoms with Gasteiger partial charge >= 0.3 is 5.97 Å². The van der Waals surface area contributed by atoms with Crippen molar-refractivity contribution in [3.63, 3.8) is 0 Å². The average molecular weight is 691 g/mol. The maximum Gasteiger partial charge on any atom is 0.303 e. The maximum absolute atomic E-state index is 14.0. The molecule has 0 spiro atoms. The number of amides is 5. The van der Waals surface area contributed by atoms with Crippen LogP contribution in [0.15, 0.2) is 67.1 Å². The second-order valence-electron chi connectivity index (χ2n) is 11.8. The third-order valence-electron chi connectivity index (χ3n) is 8.03. The number of rotatable bonds is 16. The third-order valence-corrected chi connectivity index (χ3v) is 8.03. The van der Waals surface area contributed by atoms with Crippen LogP contribution in [0, 0.1) is 10.1 Å². The Morgan fingerprint density at radius 1 is 0.960 bits per heavy atom. The molecular weight excluding hydrogens is 652 g/mol. The lowest BCUT2D eigenvalue weighted by Gasteiger charge is -2.30. The highest BCUT2D eigenvalue weighted by atomic mass is 16.6. The van der Waals surface area contributed by atoms with E-state index in [0.29, 0.717) is 18.5 Å². The quantitative estimate of drug-likeness (QED) is 0.0922. The number of benzene rings is 2. The molecule has 0 aliphatic carbocycles. The average Bonchev–Trinajstić information content (AvgIpc) is 3.80. The summed E-state index contributed by atoms with van der Waals surface area (Å²) in [6, 6.07) is 9.91. The predicted molar refractivity (Wildman–Crippen MR) is 177 cm³/mol. The minimum atomic E-state index is -1.17. The van der Waals surface area contributed by atoms with Crippen molar-refractivity contribution in [1.29, 1.82) is 0 Å². The molecule has 4 rings (SSSR count). The van der Waals surface area contributed by atoms with E-state index >= 15 is 0 Å². The van der Waals surface area contributed by atoms with Gasteiger partial charge in [0, 0.05) is 55.5 Å². The summed E-state index contributed by atoms with van der Waals surface area (Å²) in [7, 11) is 0. The molecule has 0 radical (unpaired) electrons. The number of carbonyl (C=O) groups is 6. The number of aromatic amines is 1. The van der Waals surface area contributed by atoms with E-state index in [0.717, 1.165) is 5.56 Å². The number of carboxylic acids is 1. The van der Waals surface area contributed by atoms with E-state index in [9.17, 15) is 38.9 Å². The van der Waals surface area contributed by atoms with Crippen molar-refractivity contribution in [2.24, 2.45) is 0 Å². The van der Waals surface area contributed by atoms with Gasteiger partial charge in [-0.2, -0.15) is 0 Å². The fourth-order valence-corrected chi connectivity index (χ4v) is 5.44. The van der Waals surface area contributed by atoms with Gasteiger partial charge in [0.15, 0.2) is 0 Å². The summed E-state index contributed by atoms with van der Waals surface area (Å²) in [5.41, 5.74) is 1.41. The Morgan fingerprint density at radius 3 is 2.32 bits per heavy atom. The number of anilines is 1. The van der Waals surface area contributed by atoms with E-state index < -0.39 is 71.0 Å². The molecule has 50 heavy (non-hydrogen) atoms. The fraction of sp³-hybridized carbons (Fsp3) is 0.364. The minimum absolute atomic E-state index is 0.0105. The highest BCUT2D eigenvalue weighted by molar-refractivity contribution is 5.99. The summed E-state index contributed by atoms with van der Waals surface area (Å²) in [6.45, 7) is 1.60. The second kappa shape index (κ2) is 17.3. The van der Waals surface area contributed by atoms with Crippen LogP contribution in [-0.4, -0.2) is 91.1 Å². The van der Waals surface area contributed by atoms with Gasteiger partial charge in [0.25, 0.3) is 5.69 Å². The number of carboxylic acid groups (broad SMARTS) is 1. The van der Waals surface area contributed by atoms with Crippen molar-refractivity contribution in [3.8, 4) is 0 Å². The first-order chi connectivity index (χ1) is 23.9. The van der Waals surface area contributed by atoms with Crippen LogP contribution < -0.4 is 21.3 Å². The van der Waals surface area contributed by atoms with Gasteiger partial charge < -0.3 is 36.3 Å². The molecule has 264 valence electrons. The molecule has 3 aromatic rings. The Kier molecular flexibility index (Phi) is 12.7. The van der Waals surface area contributed by atoms with Crippen LogP contribution in [0.5, 0.6) is 0 Å². The van der Waals surface area contributed by atoms with Crippen molar-refractivity contribution in [3.05, 3.63) is 88.5 Å². The predicted octanol–water partition coefficient (Wildman–Crippen LogP) is 1.07. The van der Waals surface area contributed by atoms with E-state index in [4.69, 9.17) is 5.11 Å². The normalized spacial score (nSPS) is 15.6. The SMILES string of the molecule is C[C@H](NC(=O)CCC(=O)O)C(=O)N[C@@H](Cc1cnc[nH]1)C(=O)N1CCC[C@H]1C(=O)N[C@@H](Cc1ccccc1)C(=O)Nc1ccc([N+](=O)[O-])cc1. The minimum Gasteiger partial charge on any atom is -0.481 e. The van der Waals surface area contributed by atoms with Gasteiger partial charge in [0.1, 0.15) is 24.2 Å². The number of carbonyl (C=O) groups excluding carboxylic acids is 5. The Bertz CT molecular complexity index is 1680. The van der Waals surface area contributed by atoms with Gasteiger partial charge in [-0.15, -0.1) is 0 Å². The summed E-state index contributed by atoms with van der Waals surface area (Å²) in [5, 5.41) is 30.4. The molecule has 0 bridgehead atoms. The number of likely N-dealkylation sites (tertiary alicyclic amines) is 1. The first-order valence-electron chi connectivity index (χ1n) is 15.9. The van der Waals surface area contributed by atoms with E-state index in [-0.39, 0.29) is 37.2 Å². The lowest BCUT2D eigenvalue weighted by atomic mass is 10.0. The van der Waals surface area contributed by atoms with Crippen molar-refractivity contribution in [2.45, 2.75) is 69.6 Å². The van der Waals surface area contributed by atoms with Gasteiger partial charge in [-0.25, -0.2) is 4.98 Å². The van der Waals surface area contributed by atoms with E-state index in [1.807, 2.05) is 6.07 Å². The number of hydrogen-bond donors (Lipinski definition) is 6. The third kappa shape index (κ3) is 10.4. The zero-order valence-electron chi connectivity index (χ0n) is 27.2. The Hall–Kier alpha value is -6.13. The van der Waals surface area contributed by atoms with E-state index in [1.54, 1.807) is 24.3 Å². The number of imidazole rings is 1. The van der Waals surface area contributed by atoms with Gasteiger partial charge in [-0.1, -0.05) is 30.3 Å². The number of aromatic nitrogens is 2. The number of nitro benzene ring substituents is 1. The zero-order chi connectivity index (χ0) is 36.2. The summed E-state index contributed by atoms with van der Waals surface area (Å²) >= 11 is 0. The molecule has 1 aliphatic heterocycles. The molecule has 17 heteroatoms. The van der Waals surface area contributed by atoms with Crippen LogP contribution in [0.1, 0.15) is 43.9 Å². The second-order valence-corrected chi connectivity index (χ2v) is 11.8. The number of aliphatic carboxylic acids is 1. The molecular formula is C33H38N8O9. The molecule has 1 aromatic heterocycles. The number of nitro groups is 1. The Labute approximate surface area is 286 Å². The molecule has 1 fully saturated rings. The number of H-pyrrole nitrogens is 1. The standard InChI is InChI=1S/C33H38N8O9/c1-20(36-28(42)13-14-29(43)44)30(45)39-26(17-23-18-34-19-35-23)33(48)40-15-5-8-27(40)32(47)38-25(16-21-6-3-2-4-7-21)31(46)37-22-9-11-24(12-10-22)41(49)50/h2-4,6-7,9-12,18-20,25-27H,5,8,13-17H2,1H3,(H,34,35)(H,36,42)(H,37,46)(H,38,47)(H,39,45)(H,43,44)/t20-,25-,26-,27-/m0/s1. The molecule has 17 nitrogen and oxygen atoms in total. The molecule has 4 atom stereocenters. The highest BCUT2D eigenvalue weighted by Crippen LogP contribution is 2.21. The molecule has 0 unspecified atom stereocenters. The summed E-state index contributed by atoms with van der Waals surface area (Å²) in [5.74, 6) is -4.23. The van der Waals surface area contributed by atoms with Crippen LogP contribution >= 0.6 is 0 Å². The van der Waals surface area contributed by atoms with Gasteiger partial charge in [-0.3, -0.25) is 38.9 Å². The smallest absolute Gasteiger partial charge is 0.303 e. The molecule has 5 amide bonds. The summed E-state index contributed by atoms with van der Waals surface area (Å²) in [4.78, 5) is 95.9. The summed E-state index contributed by atoms with van der Waals surface area (Å²) < 4.78 is 0. The molecule has 1 saturated heterocycles. The van der Waals surface area contributed by atoms with E-state index in [2.05, 4.69) is 31.2 Å². The Balaban J connectivity index is 1.48. The maximum atomic E-state index is 14.0. The van der Waals surface area contributed by atoms with Gasteiger partial charge in [-0.05, 0) is 37.5 Å². The van der Waals surface area contributed by atoms with Gasteiger partial charge in [0.2, 0.25) is 29.5 Å². The zero-order valence-corrected chi connectivity index (χ0v) is 27.2. The van der Waals surface area contributed by atoms with E-state index in [1.165, 1.54) is 48.6 Å². The van der Waals surface area contributed by atoms with Crippen LogP contribution in [0.25, 0.3) is 0 Å². The van der Waals surface area contributed by atoms with Crippen molar-refractivity contribution in [2.75, 3.05) is 11.9 Å². The summed E-state index contributed by atoms with van der Waals surface area (Å²) in [6.07, 6.45) is 3.02.